The predicted octanol–water partition coefficient (Wildman–Crippen LogP) is 2.09. The molecule has 0 saturated carbocycles. The summed E-state index contributed by atoms with van der Waals surface area (Å²) in [6, 6.07) is 6.27. The Bertz CT molecular complexity index is 627. The van der Waals surface area contributed by atoms with E-state index < -0.39 is 6.10 Å². The van der Waals surface area contributed by atoms with Gasteiger partial charge in [0.1, 0.15) is 10.8 Å². The van der Waals surface area contributed by atoms with E-state index in [4.69, 9.17) is 0 Å². The van der Waals surface area contributed by atoms with Crippen molar-refractivity contribution in [2.75, 3.05) is 25.5 Å². The highest BCUT2D eigenvalue weighted by molar-refractivity contribution is 7.14. The number of thiazole rings is 1. The Hall–Kier alpha value is -2.12. The largest absolute Gasteiger partial charge is 0.508 e. The Balaban J connectivity index is 2.04. The lowest BCUT2D eigenvalue weighted by atomic mass is 10.1. The van der Waals surface area contributed by atoms with E-state index in [2.05, 4.69) is 10.3 Å². The molecule has 0 fully saturated rings. The second-order valence-corrected chi connectivity index (χ2v) is 5.71. The molecule has 1 heterocycles. The summed E-state index contributed by atoms with van der Waals surface area (Å²) in [5.74, 6) is -0.104. The van der Waals surface area contributed by atoms with E-state index >= 15 is 0 Å². The smallest absolute Gasteiger partial charge is 0.275 e. The summed E-state index contributed by atoms with van der Waals surface area (Å²) in [6.45, 7) is 2.81. The van der Waals surface area contributed by atoms with Crippen molar-refractivity contribution >= 4 is 22.2 Å². The Morgan fingerprint density at radius 3 is 2.73 bits per heavy atom. The highest BCUT2D eigenvalue weighted by Crippen LogP contribution is 2.22. The summed E-state index contributed by atoms with van der Waals surface area (Å²) >= 11 is 1.38. The first-order valence-corrected chi connectivity index (χ1v) is 7.80. The third-order valence-electron chi connectivity index (χ3n) is 3.18. The molecule has 0 saturated heterocycles. The number of nitrogens with zero attached hydrogens (tertiary/aromatic N) is 2. The molecule has 1 atom stereocenters. The number of aromatic nitrogens is 1. The van der Waals surface area contributed by atoms with Crippen LogP contribution in [0, 0.1) is 0 Å². The molecule has 6 nitrogen and oxygen atoms in total. The van der Waals surface area contributed by atoms with Crippen LogP contribution in [0.2, 0.25) is 0 Å². The van der Waals surface area contributed by atoms with Crippen molar-refractivity contribution in [2.45, 2.75) is 13.0 Å². The van der Waals surface area contributed by atoms with Crippen molar-refractivity contribution in [3.8, 4) is 5.75 Å². The number of benzene rings is 1. The average molecular weight is 321 g/mol. The fraction of sp³-hybridized carbons (Fsp3) is 0.333. The number of phenolic OH excluding ortho intramolecular Hbond substituents is 1. The molecule has 2 rings (SSSR count). The Morgan fingerprint density at radius 2 is 2.09 bits per heavy atom. The third kappa shape index (κ3) is 3.75. The Labute approximate surface area is 133 Å². The van der Waals surface area contributed by atoms with Gasteiger partial charge < -0.3 is 20.4 Å². The molecule has 1 aromatic heterocycles. The number of aromatic hydroxyl groups is 1. The summed E-state index contributed by atoms with van der Waals surface area (Å²) in [7, 11) is 1.63. The fourth-order valence-corrected chi connectivity index (χ4v) is 2.75. The summed E-state index contributed by atoms with van der Waals surface area (Å²) in [5.41, 5.74) is 2.63. The van der Waals surface area contributed by atoms with Gasteiger partial charge in [0.25, 0.3) is 5.91 Å². The number of likely N-dealkylation sites (N-methyl/N-ethyl adjacent to an activating group) is 1. The van der Waals surface area contributed by atoms with Gasteiger partial charge in [0, 0.05) is 13.6 Å². The number of amides is 1. The minimum Gasteiger partial charge on any atom is -0.508 e. The number of carbonyl (C=O) groups excluding carboxylic acids is 1. The second kappa shape index (κ2) is 7.24. The molecule has 0 bridgehead atoms. The zero-order valence-electron chi connectivity index (χ0n) is 12.5. The molecule has 0 aliphatic rings. The van der Waals surface area contributed by atoms with Crippen molar-refractivity contribution in [1.82, 2.24) is 9.88 Å². The molecule has 0 aliphatic heterocycles. The van der Waals surface area contributed by atoms with Crippen molar-refractivity contribution in [1.29, 1.82) is 0 Å². The van der Waals surface area contributed by atoms with Gasteiger partial charge >= 0.3 is 0 Å². The number of aliphatic hydroxyl groups is 1. The van der Waals surface area contributed by atoms with Gasteiger partial charge in [-0.05, 0) is 24.6 Å². The molecule has 118 valence electrons. The minimum atomic E-state index is -0.823. The first-order valence-electron chi connectivity index (χ1n) is 6.92. The zero-order valence-corrected chi connectivity index (χ0v) is 13.3. The van der Waals surface area contributed by atoms with E-state index in [9.17, 15) is 15.0 Å². The average Bonchev–Trinajstić information content (AvgIpc) is 2.95. The van der Waals surface area contributed by atoms with Gasteiger partial charge in [-0.2, -0.15) is 0 Å². The summed E-state index contributed by atoms with van der Waals surface area (Å²) < 4.78 is 0. The molecule has 7 heteroatoms. The normalized spacial score (nSPS) is 12.0. The van der Waals surface area contributed by atoms with Gasteiger partial charge in [0.2, 0.25) is 0 Å². The maximum Gasteiger partial charge on any atom is 0.275 e. The lowest BCUT2D eigenvalue weighted by Gasteiger charge is -2.21. The van der Waals surface area contributed by atoms with Crippen LogP contribution in [0.15, 0.2) is 29.8 Å². The van der Waals surface area contributed by atoms with Gasteiger partial charge in [0.05, 0.1) is 18.2 Å². The molecule has 0 radical (unpaired) electrons. The van der Waals surface area contributed by atoms with Gasteiger partial charge in [-0.1, -0.05) is 12.1 Å². The number of rotatable bonds is 6. The van der Waals surface area contributed by atoms with Crippen LogP contribution in [-0.4, -0.2) is 46.1 Å². The van der Waals surface area contributed by atoms with E-state index in [1.54, 1.807) is 24.7 Å². The molecule has 3 N–H and O–H groups in total. The Morgan fingerprint density at radius 1 is 1.41 bits per heavy atom. The zero-order chi connectivity index (χ0) is 16.1. The van der Waals surface area contributed by atoms with Crippen LogP contribution in [0.1, 0.15) is 29.1 Å². The summed E-state index contributed by atoms with van der Waals surface area (Å²) in [6.07, 6.45) is -0.823. The molecule has 1 aromatic carbocycles. The molecular formula is C15H19N3O3S. The highest BCUT2D eigenvalue weighted by Gasteiger charge is 2.21. The van der Waals surface area contributed by atoms with Crippen LogP contribution < -0.4 is 5.32 Å². The Kier molecular flexibility index (Phi) is 5.35. The lowest BCUT2D eigenvalue weighted by molar-refractivity contribution is 0.0677. The van der Waals surface area contributed by atoms with Crippen LogP contribution in [0.25, 0.3) is 0 Å². The first kappa shape index (κ1) is 16.3. The summed E-state index contributed by atoms with van der Waals surface area (Å²) in [4.78, 5) is 17.9. The number of nitrogens with one attached hydrogen (secondary N) is 1. The molecular weight excluding hydrogens is 302 g/mol. The number of anilines is 1. The summed E-state index contributed by atoms with van der Waals surface area (Å²) in [5, 5.41) is 23.3. The SMILES string of the molecule is CCNc1scnc1C(=O)N(C)CC(O)c1ccc(O)cc1. The maximum absolute atomic E-state index is 12.4. The fourth-order valence-electron chi connectivity index (χ4n) is 2.01. The van der Waals surface area contributed by atoms with Gasteiger partial charge in [-0.3, -0.25) is 4.79 Å². The molecule has 22 heavy (non-hydrogen) atoms. The topological polar surface area (TPSA) is 85.7 Å². The van der Waals surface area contributed by atoms with Crippen LogP contribution in [0.4, 0.5) is 5.00 Å². The minimum absolute atomic E-state index is 0.137. The number of hydrogen-bond acceptors (Lipinski definition) is 6. The molecule has 1 amide bonds. The van der Waals surface area contributed by atoms with Crippen LogP contribution >= 0.6 is 11.3 Å². The van der Waals surface area contributed by atoms with Crippen molar-refractivity contribution in [2.24, 2.45) is 0 Å². The molecule has 0 spiro atoms. The van der Waals surface area contributed by atoms with E-state index in [1.807, 2.05) is 6.92 Å². The van der Waals surface area contributed by atoms with Gasteiger partial charge in [-0.25, -0.2) is 4.98 Å². The van der Waals surface area contributed by atoms with E-state index in [1.165, 1.54) is 28.4 Å². The first-order chi connectivity index (χ1) is 10.5. The number of phenols is 1. The highest BCUT2D eigenvalue weighted by atomic mass is 32.1. The second-order valence-electron chi connectivity index (χ2n) is 4.85. The van der Waals surface area contributed by atoms with E-state index in [0.29, 0.717) is 17.8 Å². The van der Waals surface area contributed by atoms with E-state index in [0.717, 1.165) is 5.00 Å². The quantitative estimate of drug-likeness (QED) is 0.758. The van der Waals surface area contributed by atoms with Crippen molar-refractivity contribution in [3.05, 3.63) is 41.0 Å². The number of aliphatic hydroxyl groups excluding tert-OH is 1. The standard InChI is InChI=1S/C15H19N3O3S/c1-3-16-14-13(17-9-22-14)15(21)18(2)8-12(20)10-4-6-11(19)7-5-10/h4-7,9,12,16,19-20H,3,8H2,1-2H3. The van der Waals surface area contributed by atoms with Crippen LogP contribution in [-0.2, 0) is 0 Å². The maximum atomic E-state index is 12.4. The van der Waals surface area contributed by atoms with Crippen molar-refractivity contribution in [3.63, 3.8) is 0 Å². The van der Waals surface area contributed by atoms with Gasteiger partial charge in [-0.15, -0.1) is 11.3 Å². The number of hydrogen-bond donors (Lipinski definition) is 3. The van der Waals surface area contributed by atoms with Crippen LogP contribution in [0.3, 0.4) is 0 Å². The van der Waals surface area contributed by atoms with Crippen LogP contribution in [0.5, 0.6) is 5.75 Å². The van der Waals surface area contributed by atoms with Crippen molar-refractivity contribution < 1.29 is 15.0 Å². The lowest BCUT2D eigenvalue weighted by Crippen LogP contribution is -2.31. The third-order valence-corrected chi connectivity index (χ3v) is 3.96. The monoisotopic (exact) mass is 321 g/mol. The van der Waals surface area contributed by atoms with Gasteiger partial charge in [0.15, 0.2) is 5.69 Å². The molecule has 2 aromatic rings. The molecule has 0 aliphatic carbocycles. The van der Waals surface area contributed by atoms with E-state index in [-0.39, 0.29) is 18.2 Å². The molecule has 1 unspecified atom stereocenters. The predicted molar refractivity (Wildman–Crippen MR) is 86.3 cm³/mol. The number of carbonyl (C=O) groups is 1.